The molecule has 0 amide bonds. The van der Waals surface area contributed by atoms with E-state index in [1.165, 1.54) is 13.8 Å². The van der Waals surface area contributed by atoms with Gasteiger partial charge >= 0.3 is 11.6 Å². The zero-order valence-electron chi connectivity index (χ0n) is 9.36. The number of hydrogen-bond acceptors (Lipinski definition) is 6. The van der Waals surface area contributed by atoms with E-state index in [0.29, 0.717) is 0 Å². The summed E-state index contributed by atoms with van der Waals surface area (Å²) >= 11 is 0. The molecule has 0 saturated heterocycles. The monoisotopic (exact) mass is 244 g/mol. The van der Waals surface area contributed by atoms with Crippen LogP contribution >= 0.6 is 0 Å². The highest BCUT2D eigenvalue weighted by atomic mass is 16.6. The maximum atomic E-state index is 10.6. The fourth-order valence-electron chi connectivity index (χ4n) is 1.17. The fraction of sp³-hybridized carbons (Fsp3) is 0.625. The van der Waals surface area contributed by atoms with Crippen molar-refractivity contribution >= 4 is 11.6 Å². The molecule has 0 fully saturated rings. The van der Waals surface area contributed by atoms with E-state index in [0.717, 1.165) is 10.7 Å². The van der Waals surface area contributed by atoms with Crippen molar-refractivity contribution in [3.8, 4) is 0 Å². The molecule has 1 heterocycles. The molecule has 0 saturated carbocycles. The Hall–Kier alpha value is -2.03. The van der Waals surface area contributed by atoms with Gasteiger partial charge in [-0.2, -0.15) is 0 Å². The van der Waals surface area contributed by atoms with Crippen LogP contribution in [0.2, 0.25) is 0 Å². The topological polar surface area (TPSA) is 124 Å². The van der Waals surface area contributed by atoms with Gasteiger partial charge in [0.05, 0.1) is 5.60 Å². The van der Waals surface area contributed by atoms with Crippen LogP contribution in [-0.4, -0.2) is 30.3 Å². The molecule has 0 bridgehead atoms. The molecular formula is C8H12N4O5. The molecule has 0 aromatic carbocycles. The van der Waals surface area contributed by atoms with Gasteiger partial charge in [-0.15, -0.1) is 0 Å². The smallest absolute Gasteiger partial charge is 0.390 e. The molecule has 0 radical (unpaired) electrons. The zero-order valence-corrected chi connectivity index (χ0v) is 9.36. The van der Waals surface area contributed by atoms with Crippen molar-refractivity contribution in [2.45, 2.75) is 32.4 Å². The summed E-state index contributed by atoms with van der Waals surface area (Å²) in [6, 6.07) is 0.796. The minimum atomic E-state index is -1.02. The van der Waals surface area contributed by atoms with Crippen LogP contribution in [0.15, 0.2) is 6.07 Å². The van der Waals surface area contributed by atoms with Crippen molar-refractivity contribution in [2.75, 3.05) is 0 Å². The van der Waals surface area contributed by atoms with Gasteiger partial charge in [0.15, 0.2) is 0 Å². The van der Waals surface area contributed by atoms with Crippen LogP contribution in [0.4, 0.5) is 11.6 Å². The Kier molecular flexibility index (Phi) is 3.42. The van der Waals surface area contributed by atoms with E-state index in [2.05, 4.69) is 5.10 Å². The minimum absolute atomic E-state index is 0.0354. The Bertz CT molecular complexity index is 447. The molecule has 1 N–H and O–H groups in total. The first kappa shape index (κ1) is 13.0. The molecule has 94 valence electrons. The average molecular weight is 244 g/mol. The maximum Gasteiger partial charge on any atom is 0.420 e. The number of aromatic nitrogens is 2. The normalized spacial score (nSPS) is 11.5. The minimum Gasteiger partial charge on any atom is -0.390 e. The van der Waals surface area contributed by atoms with Gasteiger partial charge in [-0.1, -0.05) is 0 Å². The molecule has 0 unspecified atom stereocenters. The van der Waals surface area contributed by atoms with Crippen molar-refractivity contribution < 1.29 is 15.0 Å². The van der Waals surface area contributed by atoms with E-state index >= 15 is 0 Å². The number of aryl methyl sites for hydroxylation is 1. The van der Waals surface area contributed by atoms with Crippen LogP contribution in [-0.2, 0) is 6.54 Å². The summed E-state index contributed by atoms with van der Waals surface area (Å²) in [7, 11) is 0. The Morgan fingerprint density at radius 1 is 1.41 bits per heavy atom. The third-order valence-corrected chi connectivity index (χ3v) is 2.06. The first-order valence-corrected chi connectivity index (χ1v) is 4.80. The molecule has 9 nitrogen and oxygen atoms in total. The Morgan fingerprint density at radius 2 is 2.00 bits per heavy atom. The van der Waals surface area contributed by atoms with E-state index < -0.39 is 27.1 Å². The molecule has 9 heteroatoms. The molecule has 17 heavy (non-hydrogen) atoms. The van der Waals surface area contributed by atoms with Crippen LogP contribution in [0.25, 0.3) is 0 Å². The lowest BCUT2D eigenvalue weighted by Gasteiger charge is -2.13. The lowest BCUT2D eigenvalue weighted by Crippen LogP contribution is -2.21. The predicted octanol–water partition coefficient (Wildman–Crippen LogP) is 0.860. The summed E-state index contributed by atoms with van der Waals surface area (Å²) < 4.78 is 0.913. The molecule has 0 spiro atoms. The second-order valence-electron chi connectivity index (χ2n) is 4.16. The van der Waals surface area contributed by atoms with E-state index in [4.69, 9.17) is 0 Å². The van der Waals surface area contributed by atoms with Crippen molar-refractivity contribution in [2.24, 2.45) is 0 Å². The Balaban J connectivity index is 2.97. The number of hydrogen-bond donors (Lipinski definition) is 1. The third-order valence-electron chi connectivity index (χ3n) is 2.06. The van der Waals surface area contributed by atoms with Crippen LogP contribution in [0, 0.1) is 20.2 Å². The van der Waals surface area contributed by atoms with Crippen molar-refractivity contribution in [1.29, 1.82) is 0 Å². The Morgan fingerprint density at radius 3 is 2.41 bits per heavy atom. The number of rotatable bonds is 5. The summed E-state index contributed by atoms with van der Waals surface area (Å²) in [4.78, 5) is 19.5. The van der Waals surface area contributed by atoms with Gasteiger partial charge in [-0.25, -0.2) is 0 Å². The SMILES string of the molecule is CC(C)(O)CCn1nc([N+](=O)[O-])cc1[N+](=O)[O-]. The molecular weight excluding hydrogens is 232 g/mol. The van der Waals surface area contributed by atoms with Crippen molar-refractivity contribution in [1.82, 2.24) is 9.78 Å². The van der Waals surface area contributed by atoms with Crippen molar-refractivity contribution in [3.05, 3.63) is 26.3 Å². The lowest BCUT2D eigenvalue weighted by atomic mass is 10.1. The van der Waals surface area contributed by atoms with Gasteiger partial charge in [-0.05, 0) is 28.4 Å². The highest BCUT2D eigenvalue weighted by Gasteiger charge is 2.28. The highest BCUT2D eigenvalue weighted by Crippen LogP contribution is 2.20. The van der Waals surface area contributed by atoms with E-state index in [1.807, 2.05) is 0 Å². The van der Waals surface area contributed by atoms with Gasteiger partial charge in [0, 0.05) is 6.42 Å². The second kappa shape index (κ2) is 4.45. The second-order valence-corrected chi connectivity index (χ2v) is 4.16. The summed E-state index contributed by atoms with van der Waals surface area (Å²) in [5.41, 5.74) is -1.02. The van der Waals surface area contributed by atoms with Gasteiger partial charge < -0.3 is 25.3 Å². The lowest BCUT2D eigenvalue weighted by molar-refractivity contribution is -0.395. The first-order chi connectivity index (χ1) is 7.70. The molecule has 0 aliphatic rings. The standard InChI is InChI=1S/C8H12N4O5/c1-8(2,13)3-4-10-7(12(16)17)5-6(9-10)11(14)15/h5,13H,3-4H2,1-2H3. The number of nitro groups is 2. The summed E-state index contributed by atoms with van der Waals surface area (Å²) in [6.07, 6.45) is 0.201. The van der Waals surface area contributed by atoms with E-state index in [9.17, 15) is 25.3 Å². The summed E-state index contributed by atoms with van der Waals surface area (Å²) in [5, 5.41) is 34.1. The largest absolute Gasteiger partial charge is 0.420 e. The van der Waals surface area contributed by atoms with Gasteiger partial charge in [0.2, 0.25) is 0 Å². The van der Waals surface area contributed by atoms with Crippen LogP contribution in [0.5, 0.6) is 0 Å². The highest BCUT2D eigenvalue weighted by molar-refractivity contribution is 5.31. The molecule has 1 aromatic heterocycles. The molecule has 1 aromatic rings. The van der Waals surface area contributed by atoms with E-state index in [1.54, 1.807) is 0 Å². The summed E-state index contributed by atoms with van der Waals surface area (Å²) in [5.74, 6) is -1.03. The molecule has 0 atom stereocenters. The number of aliphatic hydroxyl groups is 1. The average Bonchev–Trinajstić information content (AvgIpc) is 2.57. The number of nitrogens with zero attached hydrogens (tertiary/aromatic N) is 4. The van der Waals surface area contributed by atoms with Crippen molar-refractivity contribution in [3.63, 3.8) is 0 Å². The third kappa shape index (κ3) is 3.48. The zero-order chi connectivity index (χ0) is 13.2. The van der Waals surface area contributed by atoms with E-state index in [-0.39, 0.29) is 13.0 Å². The summed E-state index contributed by atoms with van der Waals surface area (Å²) in [6.45, 7) is 3.11. The molecule has 1 rings (SSSR count). The Labute approximate surface area is 96.0 Å². The quantitative estimate of drug-likeness (QED) is 0.604. The van der Waals surface area contributed by atoms with Crippen LogP contribution in [0.1, 0.15) is 20.3 Å². The van der Waals surface area contributed by atoms with Gasteiger partial charge in [0.25, 0.3) is 0 Å². The maximum absolute atomic E-state index is 10.6. The van der Waals surface area contributed by atoms with Crippen LogP contribution < -0.4 is 0 Å². The first-order valence-electron chi connectivity index (χ1n) is 4.80. The van der Waals surface area contributed by atoms with Gasteiger partial charge in [-0.3, -0.25) is 0 Å². The molecule has 0 aliphatic carbocycles. The van der Waals surface area contributed by atoms with Gasteiger partial charge in [0.1, 0.15) is 17.7 Å². The van der Waals surface area contributed by atoms with Crippen LogP contribution in [0.3, 0.4) is 0 Å². The predicted molar refractivity (Wildman–Crippen MR) is 56.5 cm³/mol. The fourth-order valence-corrected chi connectivity index (χ4v) is 1.17. The molecule has 0 aliphatic heterocycles.